The fourth-order valence-corrected chi connectivity index (χ4v) is 5.27. The molecule has 3 aromatic carbocycles. The van der Waals surface area contributed by atoms with Gasteiger partial charge in [0, 0.05) is 23.2 Å². The molecule has 5 nitrogen and oxygen atoms in total. The van der Waals surface area contributed by atoms with Crippen molar-refractivity contribution in [3.63, 3.8) is 0 Å². The minimum atomic E-state index is -0.126. The summed E-state index contributed by atoms with van der Waals surface area (Å²) in [6.07, 6.45) is 0. The molecule has 0 spiro atoms. The van der Waals surface area contributed by atoms with Gasteiger partial charge in [-0.2, -0.15) is 15.5 Å². The van der Waals surface area contributed by atoms with E-state index in [1.165, 1.54) is 22.3 Å². The second kappa shape index (κ2) is 6.09. The van der Waals surface area contributed by atoms with Crippen molar-refractivity contribution < 1.29 is 0 Å². The van der Waals surface area contributed by atoms with Crippen LogP contribution >= 0.6 is 0 Å². The summed E-state index contributed by atoms with van der Waals surface area (Å²) in [5.41, 5.74) is 7.44. The van der Waals surface area contributed by atoms with Crippen LogP contribution < -0.4 is 0 Å². The van der Waals surface area contributed by atoms with Crippen LogP contribution in [0.5, 0.6) is 0 Å². The van der Waals surface area contributed by atoms with E-state index in [-0.39, 0.29) is 16.8 Å². The molecule has 6 rings (SSSR count). The van der Waals surface area contributed by atoms with Gasteiger partial charge in [-0.25, -0.2) is 0 Å². The average molecular weight is 413 g/mol. The molecule has 152 valence electrons. The number of imidazole rings is 1. The Hall–Kier alpha value is -4.35. The van der Waals surface area contributed by atoms with Crippen molar-refractivity contribution in [2.45, 2.75) is 19.3 Å². The largest absolute Gasteiger partial charge is 0.303 e. The summed E-state index contributed by atoms with van der Waals surface area (Å²) in [6.45, 7) is 4.53. The molecule has 5 aromatic rings. The summed E-state index contributed by atoms with van der Waals surface area (Å²) in [5.74, 6) is 0.567. The Morgan fingerprint density at radius 1 is 0.812 bits per heavy atom. The van der Waals surface area contributed by atoms with Crippen molar-refractivity contribution in [3.05, 3.63) is 83.2 Å². The van der Waals surface area contributed by atoms with E-state index in [2.05, 4.69) is 84.1 Å². The molecular formula is C27H19N5. The first kappa shape index (κ1) is 18.4. The van der Waals surface area contributed by atoms with Gasteiger partial charge in [0.25, 0.3) is 0 Å². The highest BCUT2D eigenvalue weighted by Gasteiger charge is 2.36. The third-order valence-corrected chi connectivity index (χ3v) is 6.86. The van der Waals surface area contributed by atoms with Gasteiger partial charge in [0.15, 0.2) is 11.4 Å². The Labute approximate surface area is 185 Å². The van der Waals surface area contributed by atoms with Crippen LogP contribution in [0.1, 0.15) is 36.4 Å². The van der Waals surface area contributed by atoms with E-state index in [1.54, 1.807) is 11.6 Å². The fourth-order valence-electron chi connectivity index (χ4n) is 5.27. The van der Waals surface area contributed by atoms with E-state index in [0.717, 1.165) is 21.8 Å². The highest BCUT2D eigenvalue weighted by atomic mass is 15.2. The molecule has 1 aliphatic rings. The van der Waals surface area contributed by atoms with Gasteiger partial charge in [-0.3, -0.25) is 4.57 Å². The molecular weight excluding hydrogens is 394 g/mol. The molecule has 5 heteroatoms. The standard InChI is InChI=1S/C27H19N5/c1-27(2)20-10-6-4-8-16(20)18-12-19-17-9-5-7-11-23(17)32(24(19)13-21(18)27)26-30-22(14-28)25(15-29)31(26)3/h4-13H,1-3H3. The molecule has 0 radical (unpaired) electrons. The molecule has 1 aliphatic carbocycles. The van der Waals surface area contributed by atoms with Gasteiger partial charge in [-0.15, -0.1) is 0 Å². The van der Waals surface area contributed by atoms with Crippen molar-refractivity contribution in [2.24, 2.45) is 7.05 Å². The number of nitrogens with zero attached hydrogens (tertiary/aromatic N) is 5. The second-order valence-electron chi connectivity index (χ2n) is 8.83. The number of hydrogen-bond donors (Lipinski definition) is 0. The van der Waals surface area contributed by atoms with Crippen molar-refractivity contribution in [3.8, 4) is 29.2 Å². The smallest absolute Gasteiger partial charge is 0.216 e. The van der Waals surface area contributed by atoms with Crippen LogP contribution in [-0.4, -0.2) is 14.1 Å². The van der Waals surface area contributed by atoms with Crippen LogP contribution in [0.15, 0.2) is 60.7 Å². The zero-order valence-corrected chi connectivity index (χ0v) is 18.0. The van der Waals surface area contributed by atoms with E-state index in [1.807, 2.05) is 12.1 Å². The summed E-state index contributed by atoms with van der Waals surface area (Å²) < 4.78 is 3.78. The Morgan fingerprint density at radius 3 is 2.31 bits per heavy atom. The molecule has 0 fully saturated rings. The molecule has 2 heterocycles. The molecule has 0 saturated carbocycles. The maximum atomic E-state index is 9.59. The summed E-state index contributed by atoms with van der Waals surface area (Å²) in [5, 5.41) is 21.4. The molecule has 0 unspecified atom stereocenters. The van der Waals surface area contributed by atoms with Gasteiger partial charge in [-0.1, -0.05) is 56.3 Å². The van der Waals surface area contributed by atoms with Crippen molar-refractivity contribution >= 4 is 21.8 Å². The zero-order valence-electron chi connectivity index (χ0n) is 18.0. The van der Waals surface area contributed by atoms with Gasteiger partial charge >= 0.3 is 0 Å². The maximum absolute atomic E-state index is 9.59. The first-order chi connectivity index (χ1) is 15.5. The maximum Gasteiger partial charge on any atom is 0.216 e. The van der Waals surface area contributed by atoms with Crippen LogP contribution in [0.3, 0.4) is 0 Å². The van der Waals surface area contributed by atoms with Gasteiger partial charge in [-0.05, 0) is 40.5 Å². The Balaban J connectivity index is 1.78. The molecule has 32 heavy (non-hydrogen) atoms. The minimum Gasteiger partial charge on any atom is -0.303 e. The zero-order chi connectivity index (χ0) is 22.2. The van der Waals surface area contributed by atoms with Crippen molar-refractivity contribution in [1.82, 2.24) is 14.1 Å². The molecule has 2 aromatic heterocycles. The number of nitriles is 2. The first-order valence-corrected chi connectivity index (χ1v) is 10.5. The highest BCUT2D eigenvalue weighted by molar-refractivity contribution is 6.11. The van der Waals surface area contributed by atoms with Gasteiger partial charge < -0.3 is 4.57 Å². The highest BCUT2D eigenvalue weighted by Crippen LogP contribution is 2.50. The monoisotopic (exact) mass is 413 g/mol. The van der Waals surface area contributed by atoms with E-state index < -0.39 is 0 Å². The second-order valence-corrected chi connectivity index (χ2v) is 8.83. The lowest BCUT2D eigenvalue weighted by Gasteiger charge is -2.21. The van der Waals surface area contributed by atoms with E-state index in [4.69, 9.17) is 0 Å². The minimum absolute atomic E-state index is 0.126. The summed E-state index contributed by atoms with van der Waals surface area (Å²) in [7, 11) is 1.79. The Bertz CT molecular complexity index is 1680. The van der Waals surface area contributed by atoms with Crippen LogP contribution in [-0.2, 0) is 12.5 Å². The van der Waals surface area contributed by atoms with E-state index in [9.17, 15) is 10.5 Å². The Morgan fingerprint density at radius 2 is 1.56 bits per heavy atom. The number of benzene rings is 3. The molecule has 0 bridgehead atoms. The quantitative estimate of drug-likeness (QED) is 0.361. The predicted octanol–water partition coefficient (Wildman–Crippen LogP) is 5.57. The molecule has 0 aliphatic heterocycles. The van der Waals surface area contributed by atoms with Crippen LogP contribution in [0.25, 0.3) is 38.9 Å². The first-order valence-electron chi connectivity index (χ1n) is 10.5. The van der Waals surface area contributed by atoms with Crippen molar-refractivity contribution in [2.75, 3.05) is 0 Å². The molecule has 0 saturated heterocycles. The number of aromatic nitrogens is 3. The lowest BCUT2D eigenvalue weighted by molar-refractivity contribution is 0.661. The lowest BCUT2D eigenvalue weighted by atomic mass is 9.82. The van der Waals surface area contributed by atoms with Crippen LogP contribution in [0.4, 0.5) is 0 Å². The summed E-state index contributed by atoms with van der Waals surface area (Å²) in [6, 6.07) is 25.6. The number of fused-ring (bicyclic) bond motifs is 6. The predicted molar refractivity (Wildman–Crippen MR) is 125 cm³/mol. The third-order valence-electron chi connectivity index (χ3n) is 6.86. The van der Waals surface area contributed by atoms with Gasteiger partial charge in [0.1, 0.15) is 12.1 Å². The Kier molecular flexibility index (Phi) is 3.51. The van der Waals surface area contributed by atoms with Gasteiger partial charge in [0.2, 0.25) is 5.95 Å². The van der Waals surface area contributed by atoms with Crippen LogP contribution in [0.2, 0.25) is 0 Å². The number of para-hydroxylation sites is 1. The van der Waals surface area contributed by atoms with Gasteiger partial charge in [0.05, 0.1) is 11.0 Å². The van der Waals surface area contributed by atoms with E-state index >= 15 is 0 Å². The molecule has 0 atom stereocenters. The van der Waals surface area contributed by atoms with E-state index in [0.29, 0.717) is 5.95 Å². The normalized spacial score (nSPS) is 13.7. The fraction of sp³-hybridized carbons (Fsp3) is 0.148. The average Bonchev–Trinajstić information content (AvgIpc) is 3.38. The molecule has 0 amide bonds. The van der Waals surface area contributed by atoms with Crippen LogP contribution in [0, 0.1) is 22.7 Å². The summed E-state index contributed by atoms with van der Waals surface area (Å²) >= 11 is 0. The SMILES string of the molecule is Cn1c(-n2c3ccccc3c3cc4c(cc32)C(C)(C)c2ccccc2-4)nc(C#N)c1C#N. The molecule has 0 N–H and O–H groups in total. The summed E-state index contributed by atoms with van der Waals surface area (Å²) in [4.78, 5) is 4.55. The number of hydrogen-bond acceptors (Lipinski definition) is 3. The number of rotatable bonds is 1. The third kappa shape index (κ3) is 2.12. The van der Waals surface area contributed by atoms with Crippen molar-refractivity contribution in [1.29, 1.82) is 10.5 Å². The lowest BCUT2D eigenvalue weighted by Crippen LogP contribution is -2.15. The topological polar surface area (TPSA) is 70.3 Å².